The molecule has 27 heavy (non-hydrogen) atoms. The quantitative estimate of drug-likeness (QED) is 0.718. The van der Waals surface area contributed by atoms with Crippen LogP contribution in [-0.4, -0.2) is 32.3 Å². The summed E-state index contributed by atoms with van der Waals surface area (Å²) >= 11 is 0. The number of nitrogens with zero attached hydrogens (tertiary/aromatic N) is 3. The Bertz CT molecular complexity index is 926. The second kappa shape index (κ2) is 7.58. The van der Waals surface area contributed by atoms with Gasteiger partial charge in [-0.1, -0.05) is 24.3 Å². The zero-order chi connectivity index (χ0) is 19.4. The first-order valence-electron chi connectivity index (χ1n) is 7.93. The van der Waals surface area contributed by atoms with Crippen molar-refractivity contribution in [2.24, 2.45) is 0 Å². The highest BCUT2D eigenvalue weighted by atomic mass is 19.4. The van der Waals surface area contributed by atoms with Crippen LogP contribution in [0.15, 0.2) is 61.2 Å². The molecule has 0 aliphatic heterocycles. The molecular weight excluding hydrogens is 361 g/mol. The molecule has 2 aromatic carbocycles. The summed E-state index contributed by atoms with van der Waals surface area (Å²) in [5.74, 6) is -0.520. The highest BCUT2D eigenvalue weighted by Crippen LogP contribution is 2.34. The van der Waals surface area contributed by atoms with Crippen LogP contribution < -0.4 is 5.32 Å². The fourth-order valence-corrected chi connectivity index (χ4v) is 2.59. The Morgan fingerprint density at radius 3 is 2.52 bits per heavy atom. The average molecular weight is 376 g/mol. The summed E-state index contributed by atoms with van der Waals surface area (Å²) in [6, 6.07) is 11.3. The summed E-state index contributed by atoms with van der Waals surface area (Å²) in [5, 5.41) is 19.9. The third-order valence-corrected chi connectivity index (χ3v) is 3.91. The molecule has 1 atom stereocenters. The van der Waals surface area contributed by atoms with Crippen LogP contribution in [0.1, 0.15) is 27.6 Å². The van der Waals surface area contributed by atoms with Gasteiger partial charge < -0.3 is 10.4 Å². The molecule has 1 heterocycles. The number of amides is 1. The number of halogens is 3. The Morgan fingerprint density at radius 2 is 1.81 bits per heavy atom. The number of aliphatic hydroxyl groups is 1. The topological polar surface area (TPSA) is 80.0 Å². The molecule has 0 aliphatic rings. The van der Waals surface area contributed by atoms with E-state index in [0.717, 1.165) is 6.07 Å². The summed E-state index contributed by atoms with van der Waals surface area (Å²) in [5.41, 5.74) is -0.280. The van der Waals surface area contributed by atoms with Gasteiger partial charge in [0.05, 0.1) is 11.7 Å². The van der Waals surface area contributed by atoms with Gasteiger partial charge in [0.15, 0.2) is 0 Å². The molecule has 0 saturated heterocycles. The van der Waals surface area contributed by atoms with Crippen LogP contribution in [0.25, 0.3) is 5.69 Å². The highest BCUT2D eigenvalue weighted by molar-refractivity contribution is 5.94. The second-order valence-electron chi connectivity index (χ2n) is 5.73. The largest absolute Gasteiger partial charge is 0.416 e. The second-order valence-corrected chi connectivity index (χ2v) is 5.73. The van der Waals surface area contributed by atoms with Gasteiger partial charge in [0.25, 0.3) is 5.91 Å². The Kier molecular flexibility index (Phi) is 5.22. The minimum atomic E-state index is -4.59. The van der Waals surface area contributed by atoms with E-state index in [1.54, 1.807) is 28.8 Å². The van der Waals surface area contributed by atoms with E-state index in [4.69, 9.17) is 0 Å². The SMILES string of the molecule is O=C(NCC(O)c1ccccc1C(F)(F)F)c1cccc(-n2cnnc2)c1. The molecular formula is C18H15F3N4O2. The molecule has 0 fully saturated rings. The zero-order valence-electron chi connectivity index (χ0n) is 13.9. The molecule has 2 N–H and O–H groups in total. The van der Waals surface area contributed by atoms with Crippen molar-refractivity contribution < 1.29 is 23.1 Å². The molecule has 6 nitrogen and oxygen atoms in total. The van der Waals surface area contributed by atoms with Crippen LogP contribution in [0.3, 0.4) is 0 Å². The number of rotatable bonds is 5. The maximum Gasteiger partial charge on any atom is 0.416 e. The van der Waals surface area contributed by atoms with Crippen molar-refractivity contribution in [1.29, 1.82) is 0 Å². The number of benzene rings is 2. The van der Waals surface area contributed by atoms with E-state index in [1.807, 2.05) is 0 Å². The summed E-state index contributed by atoms with van der Waals surface area (Å²) < 4.78 is 40.7. The first-order chi connectivity index (χ1) is 12.9. The van der Waals surface area contributed by atoms with Gasteiger partial charge in [-0.05, 0) is 29.8 Å². The van der Waals surface area contributed by atoms with Crippen LogP contribution >= 0.6 is 0 Å². The minimum Gasteiger partial charge on any atom is -0.387 e. The normalized spacial score (nSPS) is 12.6. The molecule has 0 saturated carbocycles. The summed E-state index contributed by atoms with van der Waals surface area (Å²) in [7, 11) is 0. The number of hydrogen-bond donors (Lipinski definition) is 2. The first-order valence-corrected chi connectivity index (χ1v) is 7.93. The third kappa shape index (κ3) is 4.32. The van der Waals surface area contributed by atoms with Gasteiger partial charge in [-0.2, -0.15) is 13.2 Å². The van der Waals surface area contributed by atoms with Crippen LogP contribution in [0, 0.1) is 0 Å². The average Bonchev–Trinajstić information content (AvgIpc) is 3.20. The van der Waals surface area contributed by atoms with Crippen LogP contribution in [-0.2, 0) is 6.18 Å². The zero-order valence-corrected chi connectivity index (χ0v) is 13.9. The predicted molar refractivity (Wildman–Crippen MR) is 90.1 cm³/mol. The number of nitrogens with one attached hydrogen (secondary N) is 1. The smallest absolute Gasteiger partial charge is 0.387 e. The molecule has 0 aliphatic carbocycles. The van der Waals surface area contributed by atoms with Crippen LogP contribution in [0.4, 0.5) is 13.2 Å². The minimum absolute atomic E-state index is 0.288. The van der Waals surface area contributed by atoms with Gasteiger partial charge in [0.1, 0.15) is 12.7 Å². The van der Waals surface area contributed by atoms with Gasteiger partial charge in [-0.3, -0.25) is 9.36 Å². The molecule has 1 amide bonds. The lowest BCUT2D eigenvalue weighted by Crippen LogP contribution is -2.29. The molecule has 3 aromatic rings. The third-order valence-electron chi connectivity index (χ3n) is 3.91. The number of aliphatic hydroxyl groups excluding tert-OH is 1. The van der Waals surface area contributed by atoms with E-state index in [2.05, 4.69) is 15.5 Å². The lowest BCUT2D eigenvalue weighted by molar-refractivity contribution is -0.139. The number of carbonyl (C=O) groups is 1. The van der Waals surface area contributed by atoms with Gasteiger partial charge >= 0.3 is 6.18 Å². The van der Waals surface area contributed by atoms with Gasteiger partial charge in [0, 0.05) is 17.8 Å². The van der Waals surface area contributed by atoms with Crippen LogP contribution in [0.5, 0.6) is 0 Å². The van der Waals surface area contributed by atoms with E-state index in [9.17, 15) is 23.1 Å². The van der Waals surface area contributed by atoms with Gasteiger partial charge in [-0.15, -0.1) is 10.2 Å². The Balaban J connectivity index is 1.71. The number of carbonyl (C=O) groups excluding carboxylic acids is 1. The molecule has 3 rings (SSSR count). The number of alkyl halides is 3. The van der Waals surface area contributed by atoms with E-state index < -0.39 is 23.8 Å². The lowest BCUT2D eigenvalue weighted by atomic mass is 10.0. The standard InChI is InChI=1S/C18H15F3N4O2/c19-18(20,21)15-7-2-1-6-14(15)16(26)9-22-17(27)12-4-3-5-13(8-12)25-10-23-24-11-25/h1-8,10-11,16,26H,9H2,(H,22,27). The molecule has 1 aromatic heterocycles. The number of aromatic nitrogens is 3. The molecule has 0 radical (unpaired) electrons. The van der Waals surface area contributed by atoms with E-state index in [1.165, 1.54) is 30.9 Å². The van der Waals surface area contributed by atoms with E-state index >= 15 is 0 Å². The van der Waals surface area contributed by atoms with Crippen molar-refractivity contribution in [2.75, 3.05) is 6.54 Å². The Morgan fingerprint density at radius 1 is 1.11 bits per heavy atom. The lowest BCUT2D eigenvalue weighted by Gasteiger charge is -2.18. The van der Waals surface area contributed by atoms with Gasteiger partial charge in [-0.25, -0.2) is 0 Å². The Hall–Kier alpha value is -3.20. The Labute approximate surface area is 152 Å². The maximum atomic E-state index is 13.0. The first kappa shape index (κ1) is 18.6. The van der Waals surface area contributed by atoms with Crippen molar-refractivity contribution in [2.45, 2.75) is 12.3 Å². The van der Waals surface area contributed by atoms with E-state index in [0.29, 0.717) is 5.69 Å². The monoisotopic (exact) mass is 376 g/mol. The molecule has 140 valence electrons. The fraction of sp³-hybridized carbons (Fsp3) is 0.167. The van der Waals surface area contributed by atoms with Crippen molar-refractivity contribution in [3.8, 4) is 5.69 Å². The van der Waals surface area contributed by atoms with Crippen molar-refractivity contribution in [3.63, 3.8) is 0 Å². The number of hydrogen-bond acceptors (Lipinski definition) is 4. The summed E-state index contributed by atoms with van der Waals surface area (Å²) in [6.07, 6.45) is -3.15. The summed E-state index contributed by atoms with van der Waals surface area (Å²) in [6.45, 7) is -0.358. The van der Waals surface area contributed by atoms with Crippen molar-refractivity contribution in [1.82, 2.24) is 20.1 Å². The fourth-order valence-electron chi connectivity index (χ4n) is 2.59. The van der Waals surface area contributed by atoms with Crippen molar-refractivity contribution in [3.05, 3.63) is 77.9 Å². The summed E-state index contributed by atoms with van der Waals surface area (Å²) in [4.78, 5) is 12.3. The molecule has 0 spiro atoms. The van der Waals surface area contributed by atoms with Crippen LogP contribution in [0.2, 0.25) is 0 Å². The highest BCUT2D eigenvalue weighted by Gasteiger charge is 2.34. The molecule has 9 heteroatoms. The van der Waals surface area contributed by atoms with E-state index in [-0.39, 0.29) is 17.7 Å². The predicted octanol–water partition coefficient (Wildman–Crippen LogP) is 2.75. The van der Waals surface area contributed by atoms with Gasteiger partial charge in [0.2, 0.25) is 0 Å². The molecule has 1 unspecified atom stereocenters. The molecule has 0 bridgehead atoms. The maximum absolute atomic E-state index is 13.0. The van der Waals surface area contributed by atoms with Crippen molar-refractivity contribution >= 4 is 5.91 Å².